The van der Waals surface area contributed by atoms with Crippen LogP contribution < -0.4 is 10.1 Å². The second-order valence-corrected chi connectivity index (χ2v) is 9.58. The van der Waals surface area contributed by atoms with Gasteiger partial charge >= 0.3 is 6.03 Å². The van der Waals surface area contributed by atoms with Gasteiger partial charge in [0, 0.05) is 54.1 Å². The summed E-state index contributed by atoms with van der Waals surface area (Å²) in [6, 6.07) is 10.7. The monoisotopic (exact) mass is 494 g/mol. The molecule has 3 aromatic rings. The number of piperidine rings is 1. The lowest BCUT2D eigenvalue weighted by atomic mass is 9.68. The van der Waals surface area contributed by atoms with Crippen molar-refractivity contribution in [2.24, 2.45) is 0 Å². The highest BCUT2D eigenvalue weighted by atomic mass is 19.1. The van der Waals surface area contributed by atoms with E-state index in [1.165, 1.54) is 12.1 Å². The molecule has 5 rings (SSSR count). The average Bonchev–Trinajstić information content (AvgIpc) is 3.29. The molecule has 3 heterocycles. The summed E-state index contributed by atoms with van der Waals surface area (Å²) in [7, 11) is 1.61. The Hall–Kier alpha value is -3.59. The number of para-hydroxylation sites is 1. The van der Waals surface area contributed by atoms with E-state index in [9.17, 15) is 19.1 Å². The fraction of sp³-hybridized carbons (Fsp3) is 0.407. The third-order valence-electron chi connectivity index (χ3n) is 7.67. The molecule has 2 aliphatic heterocycles. The number of nitrogens with one attached hydrogen (secondary N) is 2. The summed E-state index contributed by atoms with van der Waals surface area (Å²) in [6.07, 6.45) is 1.80. The minimum absolute atomic E-state index is 0.0868. The molecular weight excluding hydrogens is 463 g/mol. The Labute approximate surface area is 209 Å². The number of rotatable bonds is 4. The molecule has 1 saturated heterocycles. The fourth-order valence-corrected chi connectivity index (χ4v) is 5.79. The topological polar surface area (TPSA) is 97.9 Å². The van der Waals surface area contributed by atoms with E-state index >= 15 is 0 Å². The highest BCUT2D eigenvalue weighted by molar-refractivity contribution is 5.92. The first kappa shape index (κ1) is 24.1. The van der Waals surface area contributed by atoms with Gasteiger partial charge in [0.1, 0.15) is 11.6 Å². The maximum atomic E-state index is 14.3. The van der Waals surface area contributed by atoms with Gasteiger partial charge in [0.2, 0.25) is 5.91 Å². The molecular formula is C27H31FN4O4. The van der Waals surface area contributed by atoms with Gasteiger partial charge in [-0.3, -0.25) is 4.79 Å². The molecule has 36 heavy (non-hydrogen) atoms. The van der Waals surface area contributed by atoms with Crippen LogP contribution in [0.5, 0.6) is 5.75 Å². The number of H-pyrrole nitrogens is 1. The van der Waals surface area contributed by atoms with Crippen LogP contribution in [0.3, 0.4) is 0 Å². The number of hydrogen-bond donors (Lipinski definition) is 3. The van der Waals surface area contributed by atoms with E-state index in [4.69, 9.17) is 4.74 Å². The molecule has 3 amide bonds. The molecule has 0 saturated carbocycles. The van der Waals surface area contributed by atoms with Crippen molar-refractivity contribution in [2.45, 2.75) is 37.6 Å². The van der Waals surface area contributed by atoms with Crippen molar-refractivity contribution in [1.82, 2.24) is 14.8 Å². The molecule has 0 unspecified atom stereocenters. The number of likely N-dealkylation sites (tertiary alicyclic amines) is 1. The molecule has 2 aromatic carbocycles. The molecule has 1 fully saturated rings. The number of amides is 3. The van der Waals surface area contributed by atoms with Crippen LogP contribution >= 0.6 is 0 Å². The SMILES string of the molecule is CCC(=O)N1CCC2(CC1)CN(C(=O)Nc1ccccc1F)[C@H](CO)c1[nH]c3cc(OC)ccc3c12. The summed E-state index contributed by atoms with van der Waals surface area (Å²) in [5, 5.41) is 14.2. The van der Waals surface area contributed by atoms with E-state index in [1.54, 1.807) is 24.1 Å². The van der Waals surface area contributed by atoms with Gasteiger partial charge < -0.3 is 29.9 Å². The Bertz CT molecular complexity index is 1300. The minimum Gasteiger partial charge on any atom is -0.497 e. The summed E-state index contributed by atoms with van der Waals surface area (Å²) in [6.45, 7) is 3.08. The summed E-state index contributed by atoms with van der Waals surface area (Å²) >= 11 is 0. The quantitative estimate of drug-likeness (QED) is 0.507. The summed E-state index contributed by atoms with van der Waals surface area (Å²) in [4.78, 5) is 32.8. The molecule has 0 aliphatic carbocycles. The van der Waals surface area contributed by atoms with Crippen LogP contribution in [0.25, 0.3) is 10.9 Å². The Morgan fingerprint density at radius 2 is 1.97 bits per heavy atom. The Morgan fingerprint density at radius 1 is 1.22 bits per heavy atom. The molecule has 1 atom stereocenters. The lowest BCUT2D eigenvalue weighted by Crippen LogP contribution is -2.56. The van der Waals surface area contributed by atoms with Crippen molar-refractivity contribution in [3.63, 3.8) is 0 Å². The van der Waals surface area contributed by atoms with E-state index in [2.05, 4.69) is 10.3 Å². The third-order valence-corrected chi connectivity index (χ3v) is 7.67. The van der Waals surface area contributed by atoms with Crippen molar-refractivity contribution >= 4 is 28.5 Å². The number of carbonyl (C=O) groups excluding carboxylic acids is 2. The van der Waals surface area contributed by atoms with Gasteiger partial charge in [-0.05, 0) is 42.7 Å². The van der Waals surface area contributed by atoms with E-state index < -0.39 is 23.3 Å². The number of aliphatic hydroxyl groups excluding tert-OH is 1. The fourth-order valence-electron chi connectivity index (χ4n) is 5.79. The van der Waals surface area contributed by atoms with E-state index in [-0.39, 0.29) is 18.2 Å². The van der Waals surface area contributed by atoms with E-state index in [1.807, 2.05) is 30.0 Å². The zero-order valence-electron chi connectivity index (χ0n) is 20.5. The van der Waals surface area contributed by atoms with Crippen LogP contribution in [-0.4, -0.2) is 65.2 Å². The zero-order valence-corrected chi connectivity index (χ0v) is 20.5. The van der Waals surface area contributed by atoms with Gasteiger partial charge in [0.15, 0.2) is 0 Å². The highest BCUT2D eigenvalue weighted by Crippen LogP contribution is 2.49. The van der Waals surface area contributed by atoms with Crippen molar-refractivity contribution in [1.29, 1.82) is 0 Å². The molecule has 8 nitrogen and oxygen atoms in total. The number of methoxy groups -OCH3 is 1. The number of nitrogens with zero attached hydrogens (tertiary/aromatic N) is 2. The summed E-state index contributed by atoms with van der Waals surface area (Å²) in [5.74, 6) is 0.294. The number of hydrogen-bond acceptors (Lipinski definition) is 4. The maximum absolute atomic E-state index is 14.3. The van der Waals surface area contributed by atoms with Crippen LogP contribution in [0.4, 0.5) is 14.9 Å². The van der Waals surface area contributed by atoms with Crippen LogP contribution in [0, 0.1) is 5.82 Å². The number of aromatic amines is 1. The predicted octanol–water partition coefficient (Wildman–Crippen LogP) is 4.17. The number of anilines is 1. The minimum atomic E-state index is -0.633. The second kappa shape index (κ2) is 9.46. The summed E-state index contributed by atoms with van der Waals surface area (Å²) in [5.41, 5.74) is 2.37. The summed E-state index contributed by atoms with van der Waals surface area (Å²) < 4.78 is 19.7. The normalized spacial score (nSPS) is 18.8. The zero-order chi connectivity index (χ0) is 25.4. The van der Waals surface area contributed by atoms with Gasteiger partial charge in [0.05, 0.1) is 25.4 Å². The van der Waals surface area contributed by atoms with Crippen molar-refractivity contribution in [3.8, 4) is 5.75 Å². The van der Waals surface area contributed by atoms with Gasteiger partial charge in [-0.2, -0.15) is 0 Å². The highest BCUT2D eigenvalue weighted by Gasteiger charge is 2.49. The first-order valence-corrected chi connectivity index (χ1v) is 12.3. The largest absolute Gasteiger partial charge is 0.497 e. The van der Waals surface area contributed by atoms with Crippen molar-refractivity contribution in [2.75, 3.05) is 38.7 Å². The predicted molar refractivity (Wildman–Crippen MR) is 135 cm³/mol. The molecule has 1 aromatic heterocycles. The maximum Gasteiger partial charge on any atom is 0.322 e. The Kier molecular flexibility index (Phi) is 6.34. The smallest absolute Gasteiger partial charge is 0.322 e. The Balaban J connectivity index is 1.58. The number of aromatic nitrogens is 1. The number of fused-ring (bicyclic) bond motifs is 4. The van der Waals surface area contributed by atoms with Gasteiger partial charge in [-0.15, -0.1) is 0 Å². The van der Waals surface area contributed by atoms with Gasteiger partial charge in [-0.1, -0.05) is 19.1 Å². The molecule has 0 radical (unpaired) electrons. The number of ether oxygens (including phenoxy) is 1. The first-order valence-electron chi connectivity index (χ1n) is 12.3. The van der Waals surface area contributed by atoms with Gasteiger partial charge in [-0.25, -0.2) is 9.18 Å². The molecule has 9 heteroatoms. The number of aliphatic hydroxyl groups is 1. The standard InChI is InChI=1S/C27H31FN4O4/c1-3-23(34)31-12-10-27(11-13-31)16-32(26(35)30-20-7-5-4-6-19(20)28)22(15-33)25-24(27)18-9-8-17(36-2)14-21(18)29-25/h4-9,14,22,29,33H,3,10-13,15-16H2,1-2H3,(H,30,35)/t22-/m1/s1. The van der Waals surface area contributed by atoms with Crippen LogP contribution in [0.15, 0.2) is 42.5 Å². The average molecular weight is 495 g/mol. The second-order valence-electron chi connectivity index (χ2n) is 9.58. The lowest BCUT2D eigenvalue weighted by Gasteiger charge is -2.50. The van der Waals surface area contributed by atoms with Crippen molar-refractivity contribution in [3.05, 3.63) is 59.5 Å². The number of urea groups is 1. The lowest BCUT2D eigenvalue weighted by molar-refractivity contribution is -0.132. The van der Waals surface area contributed by atoms with Crippen LogP contribution in [0.1, 0.15) is 43.5 Å². The third kappa shape index (κ3) is 3.97. The molecule has 3 N–H and O–H groups in total. The van der Waals surface area contributed by atoms with Crippen molar-refractivity contribution < 1.29 is 23.8 Å². The first-order chi connectivity index (χ1) is 17.4. The Morgan fingerprint density at radius 3 is 2.64 bits per heavy atom. The van der Waals surface area contributed by atoms with Crippen LogP contribution in [-0.2, 0) is 10.2 Å². The number of carbonyl (C=O) groups is 2. The number of benzene rings is 2. The molecule has 0 bridgehead atoms. The molecule has 1 spiro atoms. The molecule has 190 valence electrons. The van der Waals surface area contributed by atoms with E-state index in [0.717, 1.165) is 22.2 Å². The van der Waals surface area contributed by atoms with Gasteiger partial charge in [0.25, 0.3) is 0 Å². The van der Waals surface area contributed by atoms with E-state index in [0.29, 0.717) is 44.6 Å². The number of halogens is 1. The molecule has 2 aliphatic rings. The van der Waals surface area contributed by atoms with Crippen LogP contribution in [0.2, 0.25) is 0 Å².